The second-order valence-electron chi connectivity index (χ2n) is 5.93. The summed E-state index contributed by atoms with van der Waals surface area (Å²) in [6.07, 6.45) is 2.55. The van der Waals surface area contributed by atoms with Crippen molar-refractivity contribution >= 4 is 28.7 Å². The smallest absolute Gasteiger partial charge is 0.255 e. The molecule has 0 N–H and O–H groups in total. The molecule has 0 spiro atoms. The number of rotatable bonds is 5. The predicted molar refractivity (Wildman–Crippen MR) is 101 cm³/mol. The average Bonchev–Trinajstić information content (AvgIpc) is 2.95. The van der Waals surface area contributed by atoms with E-state index in [1.807, 2.05) is 53.8 Å². The van der Waals surface area contributed by atoms with Gasteiger partial charge in [0, 0.05) is 31.9 Å². The second-order valence-corrected chi connectivity index (χ2v) is 6.33. The van der Waals surface area contributed by atoms with E-state index < -0.39 is 0 Å². The molecule has 1 amide bonds. The van der Waals surface area contributed by atoms with Crippen LogP contribution in [-0.2, 0) is 7.05 Å². The van der Waals surface area contributed by atoms with Crippen LogP contribution in [0.15, 0.2) is 36.5 Å². The van der Waals surface area contributed by atoms with Gasteiger partial charge < -0.3 is 9.47 Å². The summed E-state index contributed by atoms with van der Waals surface area (Å²) >= 11 is 6.30. The zero-order valence-corrected chi connectivity index (χ0v) is 15.4. The molecule has 2 heterocycles. The summed E-state index contributed by atoms with van der Waals surface area (Å²) in [4.78, 5) is 23.6. The largest absolute Gasteiger partial charge is 0.339 e. The van der Waals surface area contributed by atoms with Gasteiger partial charge in [-0.1, -0.05) is 30.7 Å². The molecule has 1 aromatic carbocycles. The SMILES string of the molecule is CCCN(CC)C(=O)c1cnc2c(c1)nc(-c1ccccc1Cl)n2C. The van der Waals surface area contributed by atoms with E-state index >= 15 is 0 Å². The molecule has 130 valence electrons. The standard InChI is InChI=1S/C19H21ClN4O/c1-4-10-24(5-2)19(25)13-11-16-18(21-12-13)23(3)17(22-16)14-8-6-7-9-15(14)20/h6-9,11-12H,4-5,10H2,1-3H3. The lowest BCUT2D eigenvalue weighted by Gasteiger charge is -2.19. The monoisotopic (exact) mass is 356 g/mol. The third kappa shape index (κ3) is 3.24. The van der Waals surface area contributed by atoms with Crippen LogP contribution < -0.4 is 0 Å². The van der Waals surface area contributed by atoms with E-state index in [0.717, 1.165) is 30.0 Å². The fraction of sp³-hybridized carbons (Fsp3) is 0.316. The molecule has 3 rings (SSSR count). The van der Waals surface area contributed by atoms with Crippen LogP contribution >= 0.6 is 11.6 Å². The summed E-state index contributed by atoms with van der Waals surface area (Å²) in [5, 5.41) is 0.636. The maximum atomic E-state index is 12.7. The summed E-state index contributed by atoms with van der Waals surface area (Å²) in [7, 11) is 1.90. The molecule has 6 heteroatoms. The molecular formula is C19H21ClN4O. The molecule has 0 aliphatic heterocycles. The molecular weight excluding hydrogens is 336 g/mol. The van der Waals surface area contributed by atoms with Crippen molar-refractivity contribution in [2.75, 3.05) is 13.1 Å². The van der Waals surface area contributed by atoms with E-state index in [0.29, 0.717) is 22.6 Å². The quantitative estimate of drug-likeness (QED) is 0.689. The van der Waals surface area contributed by atoms with Crippen molar-refractivity contribution in [2.24, 2.45) is 7.05 Å². The Balaban J connectivity index is 2.05. The number of amides is 1. The van der Waals surface area contributed by atoms with Crippen LogP contribution in [0.1, 0.15) is 30.6 Å². The first-order valence-electron chi connectivity index (χ1n) is 8.43. The lowest BCUT2D eigenvalue weighted by Crippen LogP contribution is -2.31. The van der Waals surface area contributed by atoms with Crippen molar-refractivity contribution in [1.29, 1.82) is 0 Å². The summed E-state index contributed by atoms with van der Waals surface area (Å²) in [6, 6.07) is 9.38. The number of aryl methyl sites for hydroxylation is 1. The van der Waals surface area contributed by atoms with Crippen LogP contribution in [0, 0.1) is 0 Å². The van der Waals surface area contributed by atoms with E-state index in [-0.39, 0.29) is 5.91 Å². The molecule has 0 bridgehead atoms. The maximum Gasteiger partial charge on any atom is 0.255 e. The van der Waals surface area contributed by atoms with Gasteiger partial charge in [0.2, 0.25) is 0 Å². The molecule has 0 aliphatic carbocycles. The van der Waals surface area contributed by atoms with Gasteiger partial charge in [-0.05, 0) is 31.5 Å². The minimum atomic E-state index is -0.0105. The molecule has 0 saturated carbocycles. The minimum absolute atomic E-state index is 0.0105. The number of hydrogen-bond acceptors (Lipinski definition) is 3. The fourth-order valence-corrected chi connectivity index (χ4v) is 3.15. The topological polar surface area (TPSA) is 51.0 Å². The van der Waals surface area contributed by atoms with Crippen molar-refractivity contribution in [3.8, 4) is 11.4 Å². The molecule has 0 unspecified atom stereocenters. The highest BCUT2D eigenvalue weighted by Crippen LogP contribution is 2.29. The van der Waals surface area contributed by atoms with Gasteiger partial charge in [-0.3, -0.25) is 4.79 Å². The minimum Gasteiger partial charge on any atom is -0.339 e. The number of carbonyl (C=O) groups excluding carboxylic acids is 1. The Morgan fingerprint density at radius 2 is 2.04 bits per heavy atom. The first-order chi connectivity index (χ1) is 12.1. The Bertz CT molecular complexity index is 919. The van der Waals surface area contributed by atoms with Crippen LogP contribution in [0.4, 0.5) is 0 Å². The van der Waals surface area contributed by atoms with Crippen molar-refractivity contribution in [2.45, 2.75) is 20.3 Å². The van der Waals surface area contributed by atoms with Gasteiger partial charge >= 0.3 is 0 Å². The summed E-state index contributed by atoms with van der Waals surface area (Å²) < 4.78 is 1.90. The number of halogens is 1. The van der Waals surface area contributed by atoms with Crippen molar-refractivity contribution in [1.82, 2.24) is 19.4 Å². The predicted octanol–water partition coefficient (Wildman–Crippen LogP) is 4.16. The second kappa shape index (κ2) is 7.23. The highest BCUT2D eigenvalue weighted by Gasteiger charge is 2.18. The van der Waals surface area contributed by atoms with Gasteiger partial charge in [0.15, 0.2) is 5.65 Å². The number of aromatic nitrogens is 3. The lowest BCUT2D eigenvalue weighted by molar-refractivity contribution is 0.0764. The average molecular weight is 357 g/mol. The van der Waals surface area contributed by atoms with Gasteiger partial charge in [-0.2, -0.15) is 0 Å². The van der Waals surface area contributed by atoms with Gasteiger partial charge in [-0.15, -0.1) is 0 Å². The number of imidazole rings is 1. The summed E-state index contributed by atoms with van der Waals surface area (Å²) in [5.74, 6) is 0.724. The van der Waals surface area contributed by atoms with Crippen molar-refractivity contribution in [3.05, 3.63) is 47.1 Å². The van der Waals surface area contributed by atoms with Gasteiger partial charge in [0.1, 0.15) is 11.3 Å². The number of pyridine rings is 1. The molecule has 25 heavy (non-hydrogen) atoms. The van der Waals surface area contributed by atoms with Crippen LogP contribution in [0.2, 0.25) is 5.02 Å². The van der Waals surface area contributed by atoms with E-state index in [2.05, 4.69) is 16.9 Å². The molecule has 0 fully saturated rings. The molecule has 3 aromatic rings. The molecule has 0 radical (unpaired) electrons. The van der Waals surface area contributed by atoms with Crippen LogP contribution in [0.5, 0.6) is 0 Å². The number of hydrogen-bond donors (Lipinski definition) is 0. The Labute approximate surface area is 152 Å². The molecule has 0 atom stereocenters. The van der Waals surface area contributed by atoms with Crippen LogP contribution in [0.25, 0.3) is 22.6 Å². The third-order valence-electron chi connectivity index (χ3n) is 4.23. The summed E-state index contributed by atoms with van der Waals surface area (Å²) in [5.41, 5.74) is 2.83. The Morgan fingerprint density at radius 3 is 2.72 bits per heavy atom. The third-order valence-corrected chi connectivity index (χ3v) is 4.56. The number of fused-ring (bicyclic) bond motifs is 1. The van der Waals surface area contributed by atoms with Crippen molar-refractivity contribution in [3.63, 3.8) is 0 Å². The first-order valence-corrected chi connectivity index (χ1v) is 8.81. The van der Waals surface area contributed by atoms with Crippen molar-refractivity contribution < 1.29 is 4.79 Å². The van der Waals surface area contributed by atoms with E-state index in [9.17, 15) is 4.79 Å². The van der Waals surface area contributed by atoms with Gasteiger partial charge in [0.05, 0.1) is 10.6 Å². The Kier molecular flexibility index (Phi) is 5.04. The zero-order valence-electron chi connectivity index (χ0n) is 14.7. The Morgan fingerprint density at radius 1 is 1.28 bits per heavy atom. The van der Waals surface area contributed by atoms with Crippen LogP contribution in [0.3, 0.4) is 0 Å². The fourth-order valence-electron chi connectivity index (χ4n) is 2.93. The summed E-state index contributed by atoms with van der Waals surface area (Å²) in [6.45, 7) is 5.46. The molecule has 0 aliphatic rings. The number of nitrogens with zero attached hydrogens (tertiary/aromatic N) is 4. The lowest BCUT2D eigenvalue weighted by atomic mass is 10.2. The zero-order chi connectivity index (χ0) is 18.0. The Hall–Kier alpha value is -2.40. The molecule has 5 nitrogen and oxygen atoms in total. The number of carbonyl (C=O) groups is 1. The highest BCUT2D eigenvalue weighted by atomic mass is 35.5. The van der Waals surface area contributed by atoms with E-state index in [4.69, 9.17) is 11.6 Å². The van der Waals surface area contributed by atoms with Gasteiger partial charge in [-0.25, -0.2) is 9.97 Å². The van der Waals surface area contributed by atoms with E-state index in [1.54, 1.807) is 6.20 Å². The van der Waals surface area contributed by atoms with Crippen LogP contribution in [-0.4, -0.2) is 38.4 Å². The highest BCUT2D eigenvalue weighted by molar-refractivity contribution is 6.33. The van der Waals surface area contributed by atoms with Gasteiger partial charge in [0.25, 0.3) is 5.91 Å². The first kappa shape index (κ1) is 17.4. The normalized spacial score (nSPS) is 11.0. The number of benzene rings is 1. The van der Waals surface area contributed by atoms with E-state index in [1.165, 1.54) is 0 Å². The molecule has 2 aromatic heterocycles. The maximum absolute atomic E-state index is 12.7. The molecule has 0 saturated heterocycles.